The maximum Gasteiger partial charge on any atom is 0.230 e. The lowest BCUT2D eigenvalue weighted by atomic mass is 10.0. The van der Waals surface area contributed by atoms with Gasteiger partial charge in [0.2, 0.25) is 5.91 Å². The largest absolute Gasteiger partial charge is 0.292 e. The van der Waals surface area contributed by atoms with Crippen LogP contribution in [0.1, 0.15) is 18.9 Å². The molecular weight excluding hydrogens is 347 g/mol. The van der Waals surface area contributed by atoms with E-state index >= 15 is 0 Å². The van der Waals surface area contributed by atoms with Crippen LogP contribution in [-0.2, 0) is 4.79 Å². The summed E-state index contributed by atoms with van der Waals surface area (Å²) in [6.07, 6.45) is 1.83. The molecule has 112 valence electrons. The fourth-order valence-electron chi connectivity index (χ4n) is 2.41. The molecule has 0 spiro atoms. The third-order valence-electron chi connectivity index (χ3n) is 3.51. The summed E-state index contributed by atoms with van der Waals surface area (Å²) in [5.41, 5.74) is 0.751. The fraction of sp³-hybridized carbons (Fsp3) is 0.214. The molecule has 0 aliphatic carbocycles. The van der Waals surface area contributed by atoms with Gasteiger partial charge < -0.3 is 0 Å². The molecule has 22 heavy (non-hydrogen) atoms. The lowest BCUT2D eigenvalue weighted by molar-refractivity contribution is -0.123. The number of hydrogen-bond donors (Lipinski definition) is 0. The highest BCUT2D eigenvalue weighted by Gasteiger charge is 2.38. The van der Waals surface area contributed by atoms with Crippen LogP contribution in [-0.4, -0.2) is 21.7 Å². The minimum atomic E-state index is -0.0677. The minimum absolute atomic E-state index is 0.00315. The Balaban J connectivity index is 2.21. The zero-order chi connectivity index (χ0) is 16.0. The number of carbonyl (C=O) groups excluding carboxylic acids is 1. The van der Waals surface area contributed by atoms with Crippen molar-refractivity contribution in [3.63, 3.8) is 0 Å². The number of aromatic nitrogens is 2. The molecule has 1 atom stereocenters. The van der Waals surface area contributed by atoms with Crippen LogP contribution in [0.3, 0.4) is 0 Å². The van der Waals surface area contributed by atoms with E-state index in [9.17, 15) is 10.1 Å². The number of amides is 1. The number of nitriles is 1. The van der Waals surface area contributed by atoms with E-state index in [-0.39, 0.29) is 22.0 Å². The van der Waals surface area contributed by atoms with Crippen LogP contribution in [0.15, 0.2) is 18.3 Å². The molecule has 2 aromatic rings. The maximum atomic E-state index is 11.9. The van der Waals surface area contributed by atoms with Gasteiger partial charge in [-0.15, -0.1) is 0 Å². The Labute approximate surface area is 141 Å². The van der Waals surface area contributed by atoms with E-state index in [2.05, 4.69) is 5.10 Å². The van der Waals surface area contributed by atoms with E-state index in [1.165, 1.54) is 15.8 Å². The van der Waals surface area contributed by atoms with Gasteiger partial charge >= 0.3 is 0 Å². The van der Waals surface area contributed by atoms with E-state index < -0.39 is 0 Å². The molecule has 1 fully saturated rings. The Kier molecular flexibility index (Phi) is 3.77. The summed E-state index contributed by atoms with van der Waals surface area (Å²) in [4.78, 5) is 13.4. The van der Waals surface area contributed by atoms with Gasteiger partial charge in [-0.3, -0.25) is 9.69 Å². The van der Waals surface area contributed by atoms with Crippen LogP contribution in [0, 0.1) is 11.3 Å². The lowest BCUT2D eigenvalue weighted by Crippen LogP contribution is -2.52. The quantitative estimate of drug-likeness (QED) is 0.607. The first-order chi connectivity index (χ1) is 10.5. The predicted molar refractivity (Wildman–Crippen MR) is 84.9 cm³/mol. The molecule has 1 amide bonds. The van der Waals surface area contributed by atoms with Crippen molar-refractivity contribution < 1.29 is 4.79 Å². The number of hydrogen-bond acceptors (Lipinski definition) is 3. The van der Waals surface area contributed by atoms with Gasteiger partial charge in [-0.1, -0.05) is 34.8 Å². The van der Waals surface area contributed by atoms with E-state index in [0.717, 1.165) is 0 Å². The van der Waals surface area contributed by atoms with Crippen molar-refractivity contribution in [1.82, 2.24) is 9.78 Å². The zero-order valence-corrected chi connectivity index (χ0v) is 13.6. The molecule has 5 nitrogen and oxygen atoms in total. The molecule has 1 aliphatic rings. The van der Waals surface area contributed by atoms with E-state index in [0.29, 0.717) is 28.5 Å². The minimum Gasteiger partial charge on any atom is -0.292 e. The molecule has 1 saturated heterocycles. The normalized spacial score (nSPS) is 17.3. The molecule has 1 unspecified atom stereocenters. The van der Waals surface area contributed by atoms with E-state index in [1.807, 2.05) is 13.0 Å². The monoisotopic (exact) mass is 354 g/mol. The van der Waals surface area contributed by atoms with Gasteiger partial charge in [-0.05, 0) is 19.1 Å². The average molecular weight is 356 g/mol. The summed E-state index contributed by atoms with van der Waals surface area (Å²) in [5.74, 6) is 0.327. The zero-order valence-electron chi connectivity index (χ0n) is 11.3. The Morgan fingerprint density at radius 1 is 1.32 bits per heavy atom. The molecule has 0 saturated carbocycles. The van der Waals surface area contributed by atoms with Gasteiger partial charge in [-0.25, -0.2) is 4.68 Å². The summed E-state index contributed by atoms with van der Waals surface area (Å²) in [6.45, 7) is 1.90. The lowest BCUT2D eigenvalue weighted by Gasteiger charge is -2.38. The van der Waals surface area contributed by atoms with Crippen LogP contribution < -0.4 is 4.90 Å². The number of anilines is 1. The molecule has 1 aromatic heterocycles. The Hall–Kier alpha value is -1.74. The number of benzene rings is 1. The standard InChI is InChI=1S/C14H9Cl3N4O/c1-7-4-11(22)20(7)14-8(5-18)6-19-21(14)10-3-2-9(15)12(16)13(10)17/h2-3,6-7H,4H2,1H3. The second-order valence-corrected chi connectivity index (χ2v) is 6.08. The van der Waals surface area contributed by atoms with Gasteiger partial charge in [0.15, 0.2) is 5.82 Å². The van der Waals surface area contributed by atoms with Gasteiger partial charge in [0, 0.05) is 12.5 Å². The van der Waals surface area contributed by atoms with Crippen molar-refractivity contribution in [2.75, 3.05) is 4.90 Å². The second-order valence-electron chi connectivity index (χ2n) is 4.92. The molecule has 1 aliphatic heterocycles. The topological polar surface area (TPSA) is 61.9 Å². The van der Waals surface area contributed by atoms with Crippen molar-refractivity contribution in [3.8, 4) is 11.8 Å². The van der Waals surface area contributed by atoms with Crippen LogP contribution in [0.4, 0.5) is 5.82 Å². The molecule has 0 radical (unpaired) electrons. The summed E-state index contributed by atoms with van der Waals surface area (Å²) < 4.78 is 1.44. The van der Waals surface area contributed by atoms with Crippen LogP contribution in [0.25, 0.3) is 5.69 Å². The van der Waals surface area contributed by atoms with Crippen LogP contribution in [0.5, 0.6) is 0 Å². The van der Waals surface area contributed by atoms with E-state index in [1.54, 1.807) is 12.1 Å². The molecule has 2 heterocycles. The van der Waals surface area contributed by atoms with Gasteiger partial charge in [0.05, 0.1) is 27.0 Å². The molecule has 1 aromatic carbocycles. The van der Waals surface area contributed by atoms with Gasteiger partial charge in [0.25, 0.3) is 0 Å². The van der Waals surface area contributed by atoms with Crippen LogP contribution >= 0.6 is 34.8 Å². The fourth-order valence-corrected chi connectivity index (χ4v) is 3.02. The molecular formula is C14H9Cl3N4O. The predicted octanol–water partition coefficient (Wildman–Crippen LogP) is 3.83. The van der Waals surface area contributed by atoms with Gasteiger partial charge in [-0.2, -0.15) is 10.4 Å². The smallest absolute Gasteiger partial charge is 0.230 e. The highest BCUT2D eigenvalue weighted by atomic mass is 35.5. The van der Waals surface area contributed by atoms with Crippen molar-refractivity contribution in [3.05, 3.63) is 39.0 Å². The first-order valence-corrected chi connectivity index (χ1v) is 7.53. The number of rotatable bonds is 2. The highest BCUT2D eigenvalue weighted by molar-refractivity contribution is 6.48. The number of nitrogens with zero attached hydrogens (tertiary/aromatic N) is 4. The molecule has 8 heteroatoms. The molecule has 0 N–H and O–H groups in total. The number of β-lactam (4-membered cyclic amide) rings is 1. The second kappa shape index (κ2) is 5.47. The average Bonchev–Trinajstić information content (AvgIpc) is 2.88. The van der Waals surface area contributed by atoms with Crippen molar-refractivity contribution in [2.45, 2.75) is 19.4 Å². The maximum absolute atomic E-state index is 11.9. The third-order valence-corrected chi connectivity index (χ3v) is 4.80. The summed E-state index contributed by atoms with van der Waals surface area (Å²) in [5, 5.41) is 14.2. The summed E-state index contributed by atoms with van der Waals surface area (Å²) >= 11 is 18.2. The molecule has 3 rings (SSSR count). The van der Waals surface area contributed by atoms with E-state index in [4.69, 9.17) is 34.8 Å². The summed E-state index contributed by atoms with van der Waals surface area (Å²) in [6, 6.07) is 5.27. The van der Waals surface area contributed by atoms with Crippen molar-refractivity contribution >= 4 is 46.5 Å². The Bertz CT molecular complexity index is 824. The summed E-state index contributed by atoms with van der Waals surface area (Å²) in [7, 11) is 0. The molecule has 0 bridgehead atoms. The number of halogens is 3. The van der Waals surface area contributed by atoms with Crippen LogP contribution in [0.2, 0.25) is 15.1 Å². The Morgan fingerprint density at radius 2 is 2.05 bits per heavy atom. The Morgan fingerprint density at radius 3 is 2.64 bits per heavy atom. The van der Waals surface area contributed by atoms with Crippen molar-refractivity contribution in [2.24, 2.45) is 0 Å². The first kappa shape index (κ1) is 15.2. The van der Waals surface area contributed by atoms with Gasteiger partial charge in [0.1, 0.15) is 11.6 Å². The number of carbonyl (C=O) groups is 1. The first-order valence-electron chi connectivity index (χ1n) is 6.39. The highest BCUT2D eigenvalue weighted by Crippen LogP contribution is 2.38. The third kappa shape index (κ3) is 2.15. The SMILES string of the molecule is CC1CC(=O)N1c1c(C#N)cnn1-c1ccc(Cl)c(Cl)c1Cl. The van der Waals surface area contributed by atoms with Crippen molar-refractivity contribution in [1.29, 1.82) is 5.26 Å².